The molecule has 0 fully saturated rings. The minimum atomic E-state index is -2.05. The van der Waals surface area contributed by atoms with Crippen molar-refractivity contribution < 1.29 is 7.86 Å². The first-order valence-electron chi connectivity index (χ1n) is 5.18. The third kappa shape index (κ3) is 2.00. The molecule has 0 aromatic heterocycles. The molecule has 2 aromatic carbocycles. The molecule has 1 heterocycles. The molecule has 0 saturated carbocycles. The summed E-state index contributed by atoms with van der Waals surface area (Å²) < 4.78 is 9.83. The molecule has 3 rings (SSSR count). The first kappa shape index (κ1) is 10.6. The van der Waals surface area contributed by atoms with Gasteiger partial charge in [-0.3, -0.25) is 0 Å². The van der Waals surface area contributed by atoms with Gasteiger partial charge in [-0.25, -0.2) is 0 Å². The summed E-state index contributed by atoms with van der Waals surface area (Å²) in [4.78, 5) is 11.6. The number of para-hydroxylation sites is 1. The summed E-state index contributed by atoms with van der Waals surface area (Å²) >= 11 is -2.05. The molecule has 0 amide bonds. The van der Waals surface area contributed by atoms with Crippen LogP contribution in [0, 0.1) is 3.57 Å². The molecule has 1 aliphatic heterocycles. The molecule has 0 spiro atoms. The van der Waals surface area contributed by atoms with Crippen LogP contribution in [0.15, 0.2) is 54.6 Å². The standard InChI is InChI=1S/C13H10INO2/c16-13-11-8-4-5-9-12(11)14(17-13)15-10-6-2-1-3-7-10/h1-9,15H. The number of hydrogen-bond acceptors (Lipinski definition) is 3. The summed E-state index contributed by atoms with van der Waals surface area (Å²) in [6.45, 7) is 0. The topological polar surface area (TPSA) is 38.3 Å². The van der Waals surface area contributed by atoms with Crippen molar-refractivity contribution in [3.63, 3.8) is 0 Å². The van der Waals surface area contributed by atoms with Gasteiger partial charge in [-0.15, -0.1) is 0 Å². The van der Waals surface area contributed by atoms with E-state index in [1.807, 2.05) is 54.6 Å². The fraction of sp³-hybridized carbons (Fsp3) is 0. The van der Waals surface area contributed by atoms with E-state index in [4.69, 9.17) is 3.07 Å². The van der Waals surface area contributed by atoms with Crippen LogP contribution in [0.1, 0.15) is 10.4 Å². The summed E-state index contributed by atoms with van der Waals surface area (Å²) in [5.74, 6) is -0.200. The first-order chi connectivity index (χ1) is 8.34. The van der Waals surface area contributed by atoms with Crippen molar-refractivity contribution in [1.29, 1.82) is 0 Å². The zero-order chi connectivity index (χ0) is 11.7. The second-order valence-corrected chi connectivity index (χ2v) is 7.12. The van der Waals surface area contributed by atoms with Crippen LogP contribution in [0.25, 0.3) is 0 Å². The molecule has 1 aliphatic rings. The van der Waals surface area contributed by atoms with E-state index in [2.05, 4.69) is 3.53 Å². The van der Waals surface area contributed by atoms with Gasteiger partial charge in [-0.05, 0) is 0 Å². The predicted molar refractivity (Wildman–Crippen MR) is 74.6 cm³/mol. The van der Waals surface area contributed by atoms with Crippen LogP contribution < -0.4 is 3.53 Å². The maximum absolute atomic E-state index is 11.6. The van der Waals surface area contributed by atoms with E-state index < -0.39 is 20.5 Å². The fourth-order valence-electron chi connectivity index (χ4n) is 1.60. The van der Waals surface area contributed by atoms with Gasteiger partial charge < -0.3 is 0 Å². The maximum atomic E-state index is 11.6. The molecular formula is C13H10INO2. The normalized spacial score (nSPS) is 15.3. The molecule has 0 radical (unpaired) electrons. The van der Waals surface area contributed by atoms with Gasteiger partial charge in [0.25, 0.3) is 0 Å². The van der Waals surface area contributed by atoms with Crippen molar-refractivity contribution in [2.75, 3.05) is 3.53 Å². The molecule has 0 saturated heterocycles. The van der Waals surface area contributed by atoms with E-state index in [1.54, 1.807) is 0 Å². The summed E-state index contributed by atoms with van der Waals surface area (Å²) in [7, 11) is 0. The Balaban J connectivity index is 1.90. The number of halogens is 1. The van der Waals surface area contributed by atoms with Gasteiger partial charge in [-0.1, -0.05) is 0 Å². The van der Waals surface area contributed by atoms with Gasteiger partial charge in [0.05, 0.1) is 0 Å². The summed E-state index contributed by atoms with van der Waals surface area (Å²) in [5, 5.41) is 0. The average molecular weight is 339 g/mol. The number of nitrogens with one attached hydrogen (secondary N) is 1. The second kappa shape index (κ2) is 4.37. The predicted octanol–water partition coefficient (Wildman–Crippen LogP) is 3.48. The Morgan fingerprint density at radius 1 is 0.941 bits per heavy atom. The van der Waals surface area contributed by atoms with Crippen molar-refractivity contribution in [1.82, 2.24) is 0 Å². The molecule has 2 aromatic rings. The molecule has 17 heavy (non-hydrogen) atoms. The van der Waals surface area contributed by atoms with Gasteiger partial charge in [0.2, 0.25) is 0 Å². The van der Waals surface area contributed by atoms with E-state index in [9.17, 15) is 4.79 Å². The number of benzene rings is 2. The van der Waals surface area contributed by atoms with Gasteiger partial charge in [0, 0.05) is 0 Å². The third-order valence-electron chi connectivity index (χ3n) is 2.39. The van der Waals surface area contributed by atoms with E-state index in [0.29, 0.717) is 5.56 Å². The van der Waals surface area contributed by atoms with Crippen molar-refractivity contribution in [2.45, 2.75) is 0 Å². The van der Waals surface area contributed by atoms with E-state index in [0.717, 1.165) is 9.26 Å². The number of rotatable bonds is 2. The van der Waals surface area contributed by atoms with Gasteiger partial charge in [0.15, 0.2) is 0 Å². The van der Waals surface area contributed by atoms with E-state index in [1.165, 1.54) is 0 Å². The SMILES string of the molecule is O=C1OI(Nc2ccccc2)c2ccccc21. The Morgan fingerprint density at radius 3 is 2.47 bits per heavy atom. The van der Waals surface area contributed by atoms with Crippen molar-refractivity contribution >= 4 is 32.2 Å². The number of fused-ring (bicyclic) bond motifs is 1. The molecule has 1 N–H and O–H groups in total. The summed E-state index contributed by atoms with van der Waals surface area (Å²) in [6.07, 6.45) is 0. The third-order valence-corrected chi connectivity index (χ3v) is 6.34. The zero-order valence-corrected chi connectivity index (χ0v) is 11.0. The Kier molecular flexibility index (Phi) is 2.72. The van der Waals surface area contributed by atoms with Crippen LogP contribution in [-0.4, -0.2) is 5.97 Å². The number of hydrogen-bond donors (Lipinski definition) is 1. The van der Waals surface area contributed by atoms with Crippen molar-refractivity contribution in [2.24, 2.45) is 0 Å². The van der Waals surface area contributed by atoms with Gasteiger partial charge >= 0.3 is 107 Å². The number of carbonyl (C=O) groups excluding carboxylic acids is 1. The van der Waals surface area contributed by atoms with Crippen LogP contribution in [0.5, 0.6) is 0 Å². The molecule has 0 unspecified atom stereocenters. The van der Waals surface area contributed by atoms with Crippen LogP contribution in [0.4, 0.5) is 5.69 Å². The molecular weight excluding hydrogens is 329 g/mol. The van der Waals surface area contributed by atoms with Crippen LogP contribution in [0.3, 0.4) is 0 Å². The van der Waals surface area contributed by atoms with Crippen LogP contribution in [0.2, 0.25) is 0 Å². The molecule has 86 valence electrons. The summed E-state index contributed by atoms with van der Waals surface area (Å²) in [6, 6.07) is 17.4. The van der Waals surface area contributed by atoms with Crippen LogP contribution >= 0.6 is 20.5 Å². The van der Waals surface area contributed by atoms with Crippen LogP contribution in [-0.2, 0) is 3.07 Å². The summed E-state index contributed by atoms with van der Waals surface area (Å²) in [5.41, 5.74) is 1.71. The molecule has 0 bridgehead atoms. The van der Waals surface area contributed by atoms with E-state index >= 15 is 0 Å². The zero-order valence-electron chi connectivity index (χ0n) is 8.89. The van der Waals surface area contributed by atoms with Gasteiger partial charge in [-0.2, -0.15) is 0 Å². The fourth-order valence-corrected chi connectivity index (χ4v) is 5.26. The Hall–Kier alpha value is -1.56. The molecule has 0 aliphatic carbocycles. The van der Waals surface area contributed by atoms with Gasteiger partial charge in [0.1, 0.15) is 0 Å². The first-order valence-corrected chi connectivity index (χ1v) is 8.22. The number of anilines is 1. The average Bonchev–Trinajstić information content (AvgIpc) is 2.69. The van der Waals surface area contributed by atoms with E-state index in [-0.39, 0.29) is 5.97 Å². The second-order valence-electron chi connectivity index (χ2n) is 3.55. The molecule has 3 nitrogen and oxygen atoms in total. The Bertz CT molecular complexity index is 556. The minimum absolute atomic E-state index is 0.200. The molecule has 4 heteroatoms. The molecule has 0 atom stereocenters. The van der Waals surface area contributed by atoms with Crippen molar-refractivity contribution in [3.8, 4) is 0 Å². The Morgan fingerprint density at radius 2 is 1.65 bits per heavy atom. The monoisotopic (exact) mass is 339 g/mol. The quantitative estimate of drug-likeness (QED) is 0.673. The number of carbonyl (C=O) groups is 1. The Labute approximate surface area is 107 Å². The van der Waals surface area contributed by atoms with Crippen molar-refractivity contribution in [3.05, 3.63) is 63.7 Å².